The number of hydrogen-bond acceptors (Lipinski definition) is 5. The molecule has 2 heterocycles. The molecule has 0 aliphatic heterocycles. The number of amides is 1. The van der Waals surface area contributed by atoms with E-state index in [0.29, 0.717) is 11.7 Å². The highest BCUT2D eigenvalue weighted by Gasteiger charge is 2.19. The quantitative estimate of drug-likeness (QED) is 0.284. The highest BCUT2D eigenvalue weighted by molar-refractivity contribution is 6.05. The average Bonchev–Trinajstić information content (AvgIpc) is 3.47. The number of hydrogen-bond donors (Lipinski definition) is 2. The van der Waals surface area contributed by atoms with Gasteiger partial charge < -0.3 is 18.9 Å². The zero-order valence-electron chi connectivity index (χ0n) is 19.9. The van der Waals surface area contributed by atoms with Crippen LogP contribution in [-0.4, -0.2) is 30.1 Å². The van der Waals surface area contributed by atoms with Gasteiger partial charge in [-0.05, 0) is 55.3 Å². The van der Waals surface area contributed by atoms with E-state index < -0.39 is 0 Å². The summed E-state index contributed by atoms with van der Waals surface area (Å²) < 4.78 is 16.9. The number of nitrogens with zero attached hydrogens (tertiary/aromatic N) is 1. The maximum atomic E-state index is 12.8. The van der Waals surface area contributed by atoms with Crippen molar-refractivity contribution >= 4 is 39.4 Å². The topological polar surface area (TPSA) is 89.4 Å². The van der Waals surface area contributed by atoms with Gasteiger partial charge in [-0.3, -0.25) is 10.1 Å². The fraction of sp³-hybridized carbons (Fsp3) is 0.143. The average molecular weight is 468 g/mol. The largest absolute Gasteiger partial charge is 0.497 e. The third-order valence-electron chi connectivity index (χ3n) is 6.05. The Kier molecular flexibility index (Phi) is 5.74. The fourth-order valence-corrected chi connectivity index (χ4v) is 4.31. The molecule has 0 aliphatic rings. The molecule has 2 aromatic heterocycles. The number of aromatic amines is 1. The number of aromatic nitrogens is 2. The number of carbonyl (C=O) groups is 1. The van der Waals surface area contributed by atoms with E-state index in [4.69, 9.17) is 13.9 Å². The normalized spacial score (nSPS) is 11.7. The highest BCUT2D eigenvalue weighted by Crippen LogP contribution is 2.40. The molecule has 0 fully saturated rings. The SMILES string of the molecule is COc1ccc(-c2coc3c(C)c(OC)c(/C(C)=C/C(=O)Nc4nc5ccccc5[nH]4)cc23)cc1. The molecule has 0 aliphatic carbocycles. The van der Waals surface area contributed by atoms with Crippen molar-refractivity contribution in [3.8, 4) is 22.6 Å². The Labute approximate surface area is 202 Å². The number of rotatable bonds is 6. The predicted molar refractivity (Wildman–Crippen MR) is 138 cm³/mol. The fourth-order valence-electron chi connectivity index (χ4n) is 4.31. The number of aryl methyl sites for hydroxylation is 1. The van der Waals surface area contributed by atoms with Crippen LogP contribution in [0.4, 0.5) is 5.95 Å². The summed E-state index contributed by atoms with van der Waals surface area (Å²) in [4.78, 5) is 20.3. The lowest BCUT2D eigenvalue weighted by Gasteiger charge is -2.13. The van der Waals surface area contributed by atoms with E-state index in [0.717, 1.165) is 55.6 Å². The molecule has 2 N–H and O–H groups in total. The van der Waals surface area contributed by atoms with Crippen molar-refractivity contribution in [3.63, 3.8) is 0 Å². The van der Waals surface area contributed by atoms with Crippen LogP contribution in [0.5, 0.6) is 11.5 Å². The predicted octanol–water partition coefficient (Wildman–Crippen LogP) is 6.34. The summed E-state index contributed by atoms with van der Waals surface area (Å²) in [5.41, 5.74) is 6.78. The van der Waals surface area contributed by atoms with Crippen LogP contribution in [0.25, 0.3) is 38.7 Å². The second-order valence-corrected chi connectivity index (χ2v) is 8.26. The molecule has 7 nitrogen and oxygen atoms in total. The molecule has 176 valence electrons. The molecule has 0 bridgehead atoms. The molecule has 0 saturated carbocycles. The van der Waals surface area contributed by atoms with Gasteiger partial charge in [0, 0.05) is 28.2 Å². The number of anilines is 1. The van der Waals surface area contributed by atoms with E-state index in [1.54, 1.807) is 26.6 Å². The Morgan fingerprint density at radius 3 is 2.57 bits per heavy atom. The van der Waals surface area contributed by atoms with Crippen molar-refractivity contribution in [1.29, 1.82) is 0 Å². The lowest BCUT2D eigenvalue weighted by atomic mass is 9.96. The van der Waals surface area contributed by atoms with Crippen LogP contribution in [0.1, 0.15) is 18.1 Å². The lowest BCUT2D eigenvalue weighted by Crippen LogP contribution is -2.10. The maximum Gasteiger partial charge on any atom is 0.250 e. The minimum atomic E-state index is -0.288. The summed E-state index contributed by atoms with van der Waals surface area (Å²) in [7, 11) is 3.26. The van der Waals surface area contributed by atoms with Gasteiger partial charge in [0.25, 0.3) is 5.91 Å². The van der Waals surface area contributed by atoms with Crippen molar-refractivity contribution < 1.29 is 18.7 Å². The summed E-state index contributed by atoms with van der Waals surface area (Å²) >= 11 is 0. The molecular formula is C28H25N3O4. The minimum absolute atomic E-state index is 0.288. The number of para-hydroxylation sites is 2. The van der Waals surface area contributed by atoms with E-state index in [2.05, 4.69) is 15.3 Å². The maximum absolute atomic E-state index is 12.8. The molecule has 3 aromatic carbocycles. The Morgan fingerprint density at radius 1 is 1.09 bits per heavy atom. The van der Waals surface area contributed by atoms with Gasteiger partial charge in [-0.1, -0.05) is 24.3 Å². The van der Waals surface area contributed by atoms with E-state index in [-0.39, 0.29) is 5.91 Å². The van der Waals surface area contributed by atoms with Gasteiger partial charge in [-0.2, -0.15) is 0 Å². The van der Waals surface area contributed by atoms with E-state index >= 15 is 0 Å². The van der Waals surface area contributed by atoms with E-state index in [9.17, 15) is 4.79 Å². The second kappa shape index (κ2) is 9.02. The minimum Gasteiger partial charge on any atom is -0.497 e. The first-order valence-corrected chi connectivity index (χ1v) is 11.2. The van der Waals surface area contributed by atoms with E-state index in [1.807, 2.05) is 68.4 Å². The number of ether oxygens (including phenoxy) is 2. The molecule has 7 heteroatoms. The van der Waals surface area contributed by atoms with Crippen LogP contribution in [0.2, 0.25) is 0 Å². The summed E-state index contributed by atoms with van der Waals surface area (Å²) in [5.74, 6) is 1.56. The van der Waals surface area contributed by atoms with Crippen LogP contribution in [-0.2, 0) is 4.79 Å². The van der Waals surface area contributed by atoms with E-state index in [1.165, 1.54) is 0 Å². The van der Waals surface area contributed by atoms with Gasteiger partial charge in [0.2, 0.25) is 5.95 Å². The first-order valence-electron chi connectivity index (χ1n) is 11.2. The zero-order chi connectivity index (χ0) is 24.5. The molecular weight excluding hydrogens is 442 g/mol. The number of imidazole rings is 1. The summed E-state index contributed by atoms with van der Waals surface area (Å²) in [6.45, 7) is 3.84. The Balaban J connectivity index is 1.52. The number of allylic oxidation sites excluding steroid dienone is 1. The van der Waals surface area contributed by atoms with Gasteiger partial charge in [-0.25, -0.2) is 4.98 Å². The van der Waals surface area contributed by atoms with Gasteiger partial charge in [0.1, 0.15) is 17.1 Å². The van der Waals surface area contributed by atoms with Crippen molar-refractivity contribution in [1.82, 2.24) is 9.97 Å². The Hall–Kier alpha value is -4.52. The molecule has 0 atom stereocenters. The molecule has 0 radical (unpaired) electrons. The summed E-state index contributed by atoms with van der Waals surface area (Å²) in [5, 5.41) is 3.75. The molecule has 35 heavy (non-hydrogen) atoms. The molecule has 5 aromatic rings. The van der Waals surface area contributed by atoms with Crippen LogP contribution in [0.15, 0.2) is 71.4 Å². The third-order valence-corrected chi connectivity index (χ3v) is 6.05. The highest BCUT2D eigenvalue weighted by atomic mass is 16.5. The van der Waals surface area contributed by atoms with Crippen molar-refractivity contribution in [2.75, 3.05) is 19.5 Å². The number of furan rings is 1. The smallest absolute Gasteiger partial charge is 0.250 e. The number of nitrogens with one attached hydrogen (secondary N) is 2. The Morgan fingerprint density at radius 2 is 1.86 bits per heavy atom. The molecule has 1 amide bonds. The standard InChI is InChI=1S/C28H25N3O4/c1-16(13-25(32)31-28-29-23-7-5-6-8-24(23)30-28)20-14-21-22(18-9-11-19(33-3)12-10-18)15-35-27(21)17(2)26(20)34-4/h5-15H,1-4H3,(H2,29,30,31,32)/b16-13+. The van der Waals surface area contributed by atoms with Gasteiger partial charge in [-0.15, -0.1) is 0 Å². The first-order chi connectivity index (χ1) is 17.0. The molecule has 0 spiro atoms. The number of methoxy groups -OCH3 is 2. The number of carbonyl (C=O) groups excluding carboxylic acids is 1. The second-order valence-electron chi connectivity index (χ2n) is 8.26. The van der Waals surface area contributed by atoms with Crippen molar-refractivity contribution in [3.05, 3.63) is 78.1 Å². The Bertz CT molecular complexity index is 1540. The van der Waals surface area contributed by atoms with Crippen LogP contribution in [0, 0.1) is 6.92 Å². The summed E-state index contributed by atoms with van der Waals surface area (Å²) in [6.07, 6.45) is 3.29. The van der Waals surface area contributed by atoms with Crippen LogP contribution in [0.3, 0.4) is 0 Å². The van der Waals surface area contributed by atoms with Gasteiger partial charge in [0.05, 0.1) is 31.5 Å². The summed E-state index contributed by atoms with van der Waals surface area (Å²) in [6, 6.07) is 17.4. The van der Waals surface area contributed by atoms with Gasteiger partial charge >= 0.3 is 0 Å². The molecule has 0 unspecified atom stereocenters. The van der Waals surface area contributed by atoms with Crippen molar-refractivity contribution in [2.45, 2.75) is 13.8 Å². The number of fused-ring (bicyclic) bond motifs is 2. The van der Waals surface area contributed by atoms with Crippen LogP contribution >= 0.6 is 0 Å². The van der Waals surface area contributed by atoms with Crippen LogP contribution < -0.4 is 14.8 Å². The zero-order valence-corrected chi connectivity index (χ0v) is 19.9. The first kappa shape index (κ1) is 22.3. The van der Waals surface area contributed by atoms with Crippen molar-refractivity contribution in [2.24, 2.45) is 0 Å². The number of H-pyrrole nitrogens is 1. The monoisotopic (exact) mass is 467 g/mol. The molecule has 5 rings (SSSR count). The lowest BCUT2D eigenvalue weighted by molar-refractivity contribution is -0.111. The molecule has 0 saturated heterocycles. The third kappa shape index (κ3) is 4.12. The van der Waals surface area contributed by atoms with Gasteiger partial charge in [0.15, 0.2) is 0 Å². The number of benzene rings is 3.